The van der Waals surface area contributed by atoms with Crippen LogP contribution >= 0.6 is 0 Å². The molecule has 1 amide bonds. The molecule has 1 aromatic rings. The predicted octanol–water partition coefficient (Wildman–Crippen LogP) is 1.43. The van der Waals surface area contributed by atoms with Crippen LogP contribution in [0.15, 0.2) is 6.20 Å². The third-order valence-corrected chi connectivity index (χ3v) is 2.71. The molecule has 7 heteroatoms. The van der Waals surface area contributed by atoms with Crippen LogP contribution in [0.3, 0.4) is 0 Å². The molecule has 0 aromatic carbocycles. The van der Waals surface area contributed by atoms with Gasteiger partial charge >= 0.3 is 0 Å². The number of hydrogen-bond donors (Lipinski definition) is 1. The second-order valence-electron chi connectivity index (χ2n) is 4.19. The number of aryl methyl sites for hydroxylation is 1. The summed E-state index contributed by atoms with van der Waals surface area (Å²) in [5, 5.41) is 6.99. The summed E-state index contributed by atoms with van der Waals surface area (Å²) in [5.74, 6) is 0.101. The van der Waals surface area contributed by atoms with Gasteiger partial charge in [-0.25, -0.2) is 0 Å². The molecule has 21 heavy (non-hydrogen) atoms. The van der Waals surface area contributed by atoms with Crippen molar-refractivity contribution in [2.75, 3.05) is 26.4 Å². The molecule has 1 aromatic heterocycles. The summed E-state index contributed by atoms with van der Waals surface area (Å²) < 4.78 is 17.8. The lowest BCUT2D eigenvalue weighted by Gasteiger charge is -2.17. The lowest BCUT2D eigenvalue weighted by atomic mass is 10.3. The Morgan fingerprint density at radius 2 is 1.90 bits per heavy atom. The van der Waals surface area contributed by atoms with Crippen LogP contribution < -0.4 is 10.1 Å². The summed E-state index contributed by atoms with van der Waals surface area (Å²) in [6.45, 7) is 10.0. The van der Waals surface area contributed by atoms with Crippen molar-refractivity contribution in [3.05, 3.63) is 11.8 Å². The second-order valence-corrected chi connectivity index (χ2v) is 4.19. The number of carbonyl (C=O) groups is 1. The number of carbonyl (C=O) groups excluding carboxylic acids is 1. The van der Waals surface area contributed by atoms with Crippen molar-refractivity contribution in [1.82, 2.24) is 15.1 Å². The van der Waals surface area contributed by atoms with Crippen LogP contribution in [0.1, 0.15) is 38.1 Å². The van der Waals surface area contributed by atoms with Gasteiger partial charge in [0.1, 0.15) is 5.56 Å². The quantitative estimate of drug-likeness (QED) is 0.662. The molecule has 1 rings (SSSR count). The topological polar surface area (TPSA) is 74.6 Å². The Hall–Kier alpha value is -1.60. The van der Waals surface area contributed by atoms with Gasteiger partial charge in [-0.15, -0.1) is 5.10 Å². The summed E-state index contributed by atoms with van der Waals surface area (Å²) in [4.78, 5) is 12.2. The molecule has 0 aliphatic carbocycles. The maximum Gasteiger partial charge on any atom is 0.258 e. The van der Waals surface area contributed by atoms with E-state index in [4.69, 9.17) is 14.2 Å². The molecular weight excluding hydrogens is 274 g/mol. The highest BCUT2D eigenvalue weighted by molar-refractivity contribution is 5.96. The van der Waals surface area contributed by atoms with Crippen LogP contribution in [-0.2, 0) is 16.0 Å². The molecule has 0 saturated carbocycles. The zero-order valence-corrected chi connectivity index (χ0v) is 13.2. The SMILES string of the molecule is CCOc1nn(CC)cc1C(=O)NCC(OCC)OCC. The summed E-state index contributed by atoms with van der Waals surface area (Å²) in [5.41, 5.74) is 0.422. The fourth-order valence-corrected chi connectivity index (χ4v) is 1.77. The van der Waals surface area contributed by atoms with Gasteiger partial charge < -0.3 is 19.5 Å². The van der Waals surface area contributed by atoms with Crippen molar-refractivity contribution in [2.45, 2.75) is 40.5 Å². The summed E-state index contributed by atoms with van der Waals surface area (Å²) in [7, 11) is 0. The van der Waals surface area contributed by atoms with Crippen LogP contribution in [0.5, 0.6) is 5.88 Å². The van der Waals surface area contributed by atoms with E-state index in [-0.39, 0.29) is 12.5 Å². The fraction of sp³-hybridized carbons (Fsp3) is 0.714. The van der Waals surface area contributed by atoms with Gasteiger partial charge in [-0.1, -0.05) is 0 Å². The van der Waals surface area contributed by atoms with Crippen molar-refractivity contribution in [2.24, 2.45) is 0 Å². The van der Waals surface area contributed by atoms with Gasteiger partial charge in [-0.05, 0) is 27.7 Å². The van der Waals surface area contributed by atoms with E-state index in [9.17, 15) is 4.79 Å². The van der Waals surface area contributed by atoms with Crippen molar-refractivity contribution in [1.29, 1.82) is 0 Å². The molecule has 1 heterocycles. The van der Waals surface area contributed by atoms with E-state index < -0.39 is 6.29 Å². The van der Waals surface area contributed by atoms with Crippen LogP contribution in [-0.4, -0.2) is 48.3 Å². The smallest absolute Gasteiger partial charge is 0.258 e. The highest BCUT2D eigenvalue weighted by Crippen LogP contribution is 2.15. The lowest BCUT2D eigenvalue weighted by molar-refractivity contribution is -0.131. The lowest BCUT2D eigenvalue weighted by Crippen LogP contribution is -2.35. The maximum atomic E-state index is 12.2. The summed E-state index contributed by atoms with van der Waals surface area (Å²) in [6, 6.07) is 0. The van der Waals surface area contributed by atoms with Crippen molar-refractivity contribution < 1.29 is 19.0 Å². The van der Waals surface area contributed by atoms with Crippen molar-refractivity contribution >= 4 is 5.91 Å². The molecule has 0 unspecified atom stereocenters. The Labute approximate surface area is 125 Å². The second kappa shape index (κ2) is 9.36. The zero-order valence-electron chi connectivity index (χ0n) is 13.2. The minimum Gasteiger partial charge on any atom is -0.476 e. The van der Waals surface area contributed by atoms with Gasteiger partial charge in [-0.2, -0.15) is 0 Å². The molecule has 0 radical (unpaired) electrons. The van der Waals surface area contributed by atoms with Crippen LogP contribution in [0.4, 0.5) is 0 Å². The standard InChI is InChI=1S/C14H25N3O4/c1-5-17-10-11(14(16-17)21-8-4)13(18)15-9-12(19-6-2)20-7-3/h10,12H,5-9H2,1-4H3,(H,15,18). The van der Waals surface area contributed by atoms with Gasteiger partial charge in [-0.3, -0.25) is 9.48 Å². The molecule has 0 aliphatic heterocycles. The van der Waals surface area contributed by atoms with Crippen LogP contribution in [0, 0.1) is 0 Å². The third kappa shape index (κ3) is 5.35. The van der Waals surface area contributed by atoms with Gasteiger partial charge in [0, 0.05) is 26.0 Å². The monoisotopic (exact) mass is 299 g/mol. The van der Waals surface area contributed by atoms with E-state index in [1.54, 1.807) is 10.9 Å². The largest absolute Gasteiger partial charge is 0.476 e. The average Bonchev–Trinajstić information content (AvgIpc) is 2.88. The minimum absolute atomic E-state index is 0.248. The highest BCUT2D eigenvalue weighted by atomic mass is 16.7. The third-order valence-electron chi connectivity index (χ3n) is 2.71. The number of nitrogens with one attached hydrogen (secondary N) is 1. The number of nitrogens with zero attached hydrogens (tertiary/aromatic N) is 2. The first-order valence-corrected chi connectivity index (χ1v) is 7.37. The molecule has 7 nitrogen and oxygen atoms in total. The molecule has 1 N–H and O–H groups in total. The fourth-order valence-electron chi connectivity index (χ4n) is 1.77. The Morgan fingerprint density at radius 1 is 1.24 bits per heavy atom. The minimum atomic E-state index is -0.444. The van der Waals surface area contributed by atoms with Gasteiger partial charge in [0.15, 0.2) is 6.29 Å². The highest BCUT2D eigenvalue weighted by Gasteiger charge is 2.18. The number of aromatic nitrogens is 2. The summed E-state index contributed by atoms with van der Waals surface area (Å²) in [6.07, 6.45) is 1.23. The van der Waals surface area contributed by atoms with E-state index in [1.165, 1.54) is 0 Å². The van der Waals surface area contributed by atoms with E-state index in [2.05, 4.69) is 10.4 Å². The number of ether oxygens (including phenoxy) is 3. The van der Waals surface area contributed by atoms with Gasteiger partial charge in [0.25, 0.3) is 5.91 Å². The van der Waals surface area contributed by atoms with E-state index in [0.717, 1.165) is 0 Å². The molecule has 0 saturated heterocycles. The van der Waals surface area contributed by atoms with Gasteiger partial charge in [0.05, 0.1) is 13.2 Å². The predicted molar refractivity (Wildman–Crippen MR) is 78.4 cm³/mol. The molecule has 0 fully saturated rings. The Balaban J connectivity index is 2.67. The maximum absolute atomic E-state index is 12.2. The van der Waals surface area contributed by atoms with Crippen LogP contribution in [0.2, 0.25) is 0 Å². The molecular formula is C14H25N3O4. The normalized spacial score (nSPS) is 10.9. The molecule has 0 spiro atoms. The Bertz CT molecular complexity index is 428. The van der Waals surface area contributed by atoms with Crippen molar-refractivity contribution in [3.8, 4) is 5.88 Å². The van der Waals surface area contributed by atoms with Crippen LogP contribution in [0.25, 0.3) is 0 Å². The van der Waals surface area contributed by atoms with Gasteiger partial charge in [0.2, 0.25) is 5.88 Å². The first-order valence-electron chi connectivity index (χ1n) is 7.37. The average molecular weight is 299 g/mol. The summed E-state index contributed by atoms with van der Waals surface area (Å²) >= 11 is 0. The van der Waals surface area contributed by atoms with E-state index in [1.807, 2.05) is 27.7 Å². The number of hydrogen-bond acceptors (Lipinski definition) is 5. The number of amides is 1. The number of rotatable bonds is 10. The molecule has 120 valence electrons. The first-order chi connectivity index (χ1) is 10.2. The first kappa shape index (κ1) is 17.5. The zero-order chi connectivity index (χ0) is 15.7. The van der Waals surface area contributed by atoms with E-state index >= 15 is 0 Å². The van der Waals surface area contributed by atoms with E-state index in [0.29, 0.717) is 37.8 Å². The molecule has 0 atom stereocenters. The molecule has 0 aliphatic rings. The Morgan fingerprint density at radius 3 is 2.43 bits per heavy atom. The molecule has 0 bridgehead atoms. The Kier molecular flexibility index (Phi) is 7.78. The van der Waals surface area contributed by atoms with Crippen molar-refractivity contribution in [3.63, 3.8) is 0 Å².